The average Bonchev–Trinajstić information content (AvgIpc) is 3.04. The molecule has 1 aliphatic carbocycles. The first-order chi connectivity index (χ1) is 15.3. The van der Waals surface area contributed by atoms with Gasteiger partial charge >= 0.3 is 0 Å². The molecule has 0 radical (unpaired) electrons. The minimum absolute atomic E-state index is 0.181. The first kappa shape index (κ1) is 19.9. The normalized spacial score (nSPS) is 18.2. The Hall–Kier alpha value is -3.08. The van der Waals surface area contributed by atoms with Crippen LogP contribution < -0.4 is 4.90 Å². The highest BCUT2D eigenvalue weighted by Crippen LogP contribution is 2.45. The molecule has 3 aromatic heterocycles. The molecule has 1 amide bonds. The molecular weight excluding hydrogens is 384 g/mol. The molecule has 5 nitrogen and oxygen atoms in total. The molecule has 1 fully saturated rings. The van der Waals surface area contributed by atoms with Crippen molar-refractivity contribution in [2.24, 2.45) is 5.92 Å². The standard InChI is InChI=1S/C26H28N4O/c31-25-26(17-20-8-13-27-14-9-20,18-21-10-15-28-16-11-21)23-7-4-12-29-24(23)30(25)19-22-5-2-1-3-6-22/h4,7-16,22H,1-3,5-6,17-19H2. The maximum atomic E-state index is 14.2. The molecular formula is C26H28N4O. The van der Waals surface area contributed by atoms with Gasteiger partial charge in [-0.25, -0.2) is 4.98 Å². The van der Waals surface area contributed by atoms with Gasteiger partial charge in [0.2, 0.25) is 5.91 Å². The minimum atomic E-state index is -0.666. The molecule has 1 saturated carbocycles. The molecule has 0 N–H and O–H groups in total. The Labute approximate surface area is 183 Å². The number of fused-ring (bicyclic) bond motifs is 1. The third-order valence-corrected chi connectivity index (χ3v) is 6.89. The lowest BCUT2D eigenvalue weighted by Crippen LogP contribution is -2.45. The SMILES string of the molecule is O=C1N(CC2CCCCC2)c2ncccc2C1(Cc1ccncc1)Cc1ccncc1. The van der Waals surface area contributed by atoms with Crippen molar-refractivity contribution < 1.29 is 4.79 Å². The van der Waals surface area contributed by atoms with Crippen LogP contribution in [0.3, 0.4) is 0 Å². The van der Waals surface area contributed by atoms with Gasteiger partial charge in [0.05, 0.1) is 5.41 Å². The number of carbonyl (C=O) groups excluding carboxylic acids is 1. The van der Waals surface area contributed by atoms with Crippen LogP contribution in [0.2, 0.25) is 0 Å². The summed E-state index contributed by atoms with van der Waals surface area (Å²) >= 11 is 0. The summed E-state index contributed by atoms with van der Waals surface area (Å²) in [5, 5.41) is 0. The summed E-state index contributed by atoms with van der Waals surface area (Å²) < 4.78 is 0. The Kier molecular flexibility index (Phi) is 5.49. The highest BCUT2D eigenvalue weighted by atomic mass is 16.2. The highest BCUT2D eigenvalue weighted by Gasteiger charge is 2.51. The van der Waals surface area contributed by atoms with E-state index in [4.69, 9.17) is 4.98 Å². The van der Waals surface area contributed by atoms with Crippen LogP contribution in [0.4, 0.5) is 5.82 Å². The Morgan fingerprint density at radius 3 is 2.06 bits per heavy atom. The summed E-state index contributed by atoms with van der Waals surface area (Å²) in [4.78, 5) is 29.3. The van der Waals surface area contributed by atoms with Crippen LogP contribution in [-0.2, 0) is 23.1 Å². The second-order valence-electron chi connectivity index (χ2n) is 8.94. The molecule has 4 heterocycles. The van der Waals surface area contributed by atoms with Crippen LogP contribution in [0.25, 0.3) is 0 Å². The molecule has 158 valence electrons. The van der Waals surface area contributed by atoms with Gasteiger partial charge in [0.15, 0.2) is 0 Å². The largest absolute Gasteiger partial charge is 0.295 e. The predicted octanol–water partition coefficient (Wildman–Crippen LogP) is 4.52. The maximum Gasteiger partial charge on any atom is 0.239 e. The van der Waals surface area contributed by atoms with Gasteiger partial charge in [-0.15, -0.1) is 0 Å². The fraction of sp³-hybridized carbons (Fsp3) is 0.385. The second-order valence-corrected chi connectivity index (χ2v) is 8.94. The fourth-order valence-electron chi connectivity index (χ4n) is 5.35. The first-order valence-corrected chi connectivity index (χ1v) is 11.3. The Bertz CT molecular complexity index is 990. The summed E-state index contributed by atoms with van der Waals surface area (Å²) in [7, 11) is 0. The van der Waals surface area contributed by atoms with Crippen molar-refractivity contribution in [3.8, 4) is 0 Å². The molecule has 0 saturated heterocycles. The lowest BCUT2D eigenvalue weighted by molar-refractivity contribution is -0.123. The molecule has 31 heavy (non-hydrogen) atoms. The van der Waals surface area contributed by atoms with Gasteiger partial charge in [-0.05, 0) is 73.1 Å². The van der Waals surface area contributed by atoms with Crippen molar-refractivity contribution in [3.05, 3.63) is 84.1 Å². The Morgan fingerprint density at radius 1 is 0.839 bits per heavy atom. The van der Waals surface area contributed by atoms with Gasteiger partial charge in [-0.1, -0.05) is 25.3 Å². The summed E-state index contributed by atoms with van der Waals surface area (Å²) in [5.41, 5.74) is 2.61. The van der Waals surface area contributed by atoms with E-state index in [-0.39, 0.29) is 5.91 Å². The maximum absolute atomic E-state index is 14.2. The van der Waals surface area contributed by atoms with Crippen LogP contribution in [0.1, 0.15) is 48.8 Å². The second kappa shape index (κ2) is 8.58. The van der Waals surface area contributed by atoms with E-state index in [1.54, 1.807) is 24.8 Å². The van der Waals surface area contributed by atoms with Crippen LogP contribution in [0.5, 0.6) is 0 Å². The van der Waals surface area contributed by atoms with Gasteiger partial charge in [0.25, 0.3) is 0 Å². The number of hydrogen-bond donors (Lipinski definition) is 0. The first-order valence-electron chi connectivity index (χ1n) is 11.3. The van der Waals surface area contributed by atoms with Gasteiger partial charge < -0.3 is 0 Å². The number of nitrogens with zero attached hydrogens (tertiary/aromatic N) is 4. The summed E-state index contributed by atoms with van der Waals surface area (Å²) in [6, 6.07) is 12.1. The molecule has 3 aromatic rings. The Morgan fingerprint density at radius 2 is 1.45 bits per heavy atom. The van der Waals surface area contributed by atoms with Crippen LogP contribution in [0, 0.1) is 5.92 Å². The van der Waals surface area contributed by atoms with Crippen molar-refractivity contribution in [2.45, 2.75) is 50.4 Å². The number of aromatic nitrogens is 3. The zero-order chi connectivity index (χ0) is 21.1. The zero-order valence-electron chi connectivity index (χ0n) is 17.8. The Balaban J connectivity index is 1.57. The number of pyridine rings is 3. The predicted molar refractivity (Wildman–Crippen MR) is 121 cm³/mol. The molecule has 0 unspecified atom stereocenters. The number of anilines is 1. The molecule has 1 aliphatic heterocycles. The van der Waals surface area contributed by atoms with Gasteiger partial charge in [-0.2, -0.15) is 0 Å². The lowest BCUT2D eigenvalue weighted by Gasteiger charge is -2.31. The van der Waals surface area contributed by atoms with Crippen LogP contribution in [-0.4, -0.2) is 27.4 Å². The van der Waals surface area contributed by atoms with E-state index in [1.807, 2.05) is 41.4 Å². The topological polar surface area (TPSA) is 59.0 Å². The number of amides is 1. The molecule has 0 spiro atoms. The van der Waals surface area contributed by atoms with E-state index in [0.29, 0.717) is 18.8 Å². The minimum Gasteiger partial charge on any atom is -0.295 e. The van der Waals surface area contributed by atoms with Crippen molar-refractivity contribution in [1.29, 1.82) is 0 Å². The summed E-state index contributed by atoms with van der Waals surface area (Å²) in [5.74, 6) is 1.59. The monoisotopic (exact) mass is 412 g/mol. The van der Waals surface area contributed by atoms with Crippen molar-refractivity contribution in [1.82, 2.24) is 15.0 Å². The molecule has 0 aromatic carbocycles. The molecule has 5 heteroatoms. The third kappa shape index (κ3) is 3.85. The van der Waals surface area contributed by atoms with E-state index < -0.39 is 5.41 Å². The average molecular weight is 413 g/mol. The smallest absolute Gasteiger partial charge is 0.239 e. The van der Waals surface area contributed by atoms with Crippen LogP contribution in [0.15, 0.2) is 67.4 Å². The van der Waals surface area contributed by atoms with E-state index in [9.17, 15) is 4.79 Å². The molecule has 0 bridgehead atoms. The summed E-state index contributed by atoms with van der Waals surface area (Å²) in [6.07, 6.45) is 16.5. The van der Waals surface area contributed by atoms with Crippen molar-refractivity contribution >= 4 is 11.7 Å². The van der Waals surface area contributed by atoms with Gasteiger partial charge in [0, 0.05) is 43.1 Å². The van der Waals surface area contributed by atoms with Gasteiger partial charge in [-0.3, -0.25) is 19.7 Å². The zero-order valence-corrected chi connectivity index (χ0v) is 17.8. The summed E-state index contributed by atoms with van der Waals surface area (Å²) in [6.45, 7) is 0.775. The number of hydrogen-bond acceptors (Lipinski definition) is 4. The van der Waals surface area contributed by atoms with E-state index >= 15 is 0 Å². The third-order valence-electron chi connectivity index (χ3n) is 6.89. The quantitative estimate of drug-likeness (QED) is 0.597. The molecule has 2 aliphatic rings. The van der Waals surface area contributed by atoms with E-state index in [0.717, 1.165) is 29.1 Å². The van der Waals surface area contributed by atoms with E-state index in [1.165, 1.54) is 32.1 Å². The van der Waals surface area contributed by atoms with Crippen LogP contribution >= 0.6 is 0 Å². The molecule has 0 atom stereocenters. The molecule has 5 rings (SSSR count). The fourth-order valence-corrected chi connectivity index (χ4v) is 5.35. The lowest BCUT2D eigenvalue weighted by atomic mass is 9.72. The highest BCUT2D eigenvalue weighted by molar-refractivity contribution is 6.07. The van der Waals surface area contributed by atoms with Gasteiger partial charge in [0.1, 0.15) is 5.82 Å². The van der Waals surface area contributed by atoms with Crippen molar-refractivity contribution in [3.63, 3.8) is 0 Å². The number of rotatable bonds is 6. The van der Waals surface area contributed by atoms with E-state index in [2.05, 4.69) is 16.0 Å². The number of carbonyl (C=O) groups is 1. The van der Waals surface area contributed by atoms with Crippen molar-refractivity contribution in [2.75, 3.05) is 11.4 Å².